The average Bonchev–Trinajstić information content (AvgIpc) is 2.57. The molecule has 2 rings (SSSR count). The van der Waals surface area contributed by atoms with E-state index in [0.29, 0.717) is 6.04 Å². The Labute approximate surface area is 149 Å². The van der Waals surface area contributed by atoms with Gasteiger partial charge in [0.05, 0.1) is 5.25 Å². The van der Waals surface area contributed by atoms with Gasteiger partial charge < -0.3 is 10.2 Å². The summed E-state index contributed by atoms with van der Waals surface area (Å²) in [6.45, 7) is 6.34. The highest BCUT2D eigenvalue weighted by atomic mass is 32.2. The number of benzene rings is 1. The van der Waals surface area contributed by atoms with E-state index in [2.05, 4.69) is 17.1 Å². The topological polar surface area (TPSA) is 49.4 Å². The maximum absolute atomic E-state index is 12.8. The van der Waals surface area contributed by atoms with Gasteiger partial charge in [-0.15, -0.1) is 11.8 Å². The van der Waals surface area contributed by atoms with Gasteiger partial charge in [0.2, 0.25) is 11.8 Å². The molecule has 4 nitrogen and oxygen atoms in total. The van der Waals surface area contributed by atoms with Crippen LogP contribution in [-0.2, 0) is 9.59 Å². The molecule has 0 aromatic heterocycles. The molecule has 0 radical (unpaired) electrons. The van der Waals surface area contributed by atoms with Crippen molar-refractivity contribution in [2.45, 2.75) is 69.1 Å². The minimum atomic E-state index is -0.0986. The van der Waals surface area contributed by atoms with Crippen LogP contribution in [0, 0.1) is 0 Å². The van der Waals surface area contributed by atoms with Gasteiger partial charge in [-0.05, 0) is 51.0 Å². The highest BCUT2D eigenvalue weighted by molar-refractivity contribution is 8.00. The zero-order valence-corrected chi connectivity index (χ0v) is 15.7. The average molecular weight is 349 g/mol. The van der Waals surface area contributed by atoms with E-state index < -0.39 is 0 Å². The molecule has 1 aromatic carbocycles. The number of amides is 2. The van der Waals surface area contributed by atoms with E-state index in [4.69, 9.17) is 0 Å². The summed E-state index contributed by atoms with van der Waals surface area (Å²) in [5.74, 6) is 0.158. The Balaban J connectivity index is 1.95. The fraction of sp³-hybridized carbons (Fsp3) is 0.579. The molecule has 0 spiro atoms. The van der Waals surface area contributed by atoms with Gasteiger partial charge in [0.15, 0.2) is 0 Å². The number of nitrogens with zero attached hydrogens (tertiary/aromatic N) is 1. The molecule has 132 valence electrons. The van der Waals surface area contributed by atoms with E-state index >= 15 is 0 Å². The van der Waals surface area contributed by atoms with Gasteiger partial charge in [-0.2, -0.15) is 0 Å². The number of hydrogen-bond donors (Lipinski definition) is 1. The molecule has 1 atom stereocenters. The number of carbonyl (C=O) groups excluding carboxylic acids is 2. The maximum Gasteiger partial charge on any atom is 0.236 e. The van der Waals surface area contributed by atoms with Gasteiger partial charge in [0, 0.05) is 30.1 Å². The highest BCUT2D eigenvalue weighted by Gasteiger charge is 2.27. The monoisotopic (exact) mass is 348 g/mol. The highest BCUT2D eigenvalue weighted by Crippen LogP contribution is 2.29. The van der Waals surface area contributed by atoms with Gasteiger partial charge in [-0.1, -0.05) is 19.3 Å². The van der Waals surface area contributed by atoms with E-state index in [1.165, 1.54) is 26.2 Å². The first-order valence-electron chi connectivity index (χ1n) is 8.86. The first-order valence-corrected chi connectivity index (χ1v) is 9.74. The number of carbonyl (C=O) groups is 2. The second-order valence-electron chi connectivity index (χ2n) is 6.38. The first-order chi connectivity index (χ1) is 11.5. The summed E-state index contributed by atoms with van der Waals surface area (Å²) in [5.41, 5.74) is 0.781. The Morgan fingerprint density at radius 1 is 1.21 bits per heavy atom. The van der Waals surface area contributed by atoms with Crippen molar-refractivity contribution in [3.05, 3.63) is 24.3 Å². The molecule has 1 N–H and O–H groups in total. The number of rotatable bonds is 6. The SMILES string of the molecule is CCN(C(=O)C(C)Sc1ccc(NC(C)=O)cc1)C1CCCCC1. The summed E-state index contributed by atoms with van der Waals surface area (Å²) in [6, 6.07) is 8.08. The van der Waals surface area contributed by atoms with Crippen molar-refractivity contribution in [3.63, 3.8) is 0 Å². The largest absolute Gasteiger partial charge is 0.339 e. The summed E-state index contributed by atoms with van der Waals surface area (Å²) in [4.78, 5) is 27.0. The first kappa shape index (κ1) is 18.8. The zero-order chi connectivity index (χ0) is 17.5. The Morgan fingerprint density at radius 2 is 1.83 bits per heavy atom. The number of nitrogens with one attached hydrogen (secondary N) is 1. The molecule has 1 fully saturated rings. The fourth-order valence-corrected chi connectivity index (χ4v) is 4.23. The normalized spacial score (nSPS) is 16.5. The second-order valence-corrected chi connectivity index (χ2v) is 7.80. The summed E-state index contributed by atoms with van der Waals surface area (Å²) < 4.78 is 0. The zero-order valence-electron chi connectivity index (χ0n) is 14.9. The molecule has 1 aromatic rings. The summed E-state index contributed by atoms with van der Waals surface area (Å²) in [5, 5.41) is 2.66. The molecule has 0 heterocycles. The van der Waals surface area contributed by atoms with Crippen LogP contribution in [0.1, 0.15) is 52.9 Å². The van der Waals surface area contributed by atoms with E-state index in [1.807, 2.05) is 31.2 Å². The molecule has 5 heteroatoms. The third-order valence-corrected chi connectivity index (χ3v) is 5.57. The summed E-state index contributed by atoms with van der Waals surface area (Å²) in [7, 11) is 0. The van der Waals surface area contributed by atoms with Gasteiger partial charge in [-0.3, -0.25) is 9.59 Å². The minimum Gasteiger partial charge on any atom is -0.339 e. The van der Waals surface area contributed by atoms with Crippen molar-refractivity contribution in [3.8, 4) is 0 Å². The van der Waals surface area contributed by atoms with Crippen LogP contribution < -0.4 is 5.32 Å². The summed E-state index contributed by atoms with van der Waals surface area (Å²) >= 11 is 1.58. The van der Waals surface area contributed by atoms with Crippen molar-refractivity contribution < 1.29 is 9.59 Å². The molecular formula is C19H28N2O2S. The van der Waals surface area contributed by atoms with Gasteiger partial charge >= 0.3 is 0 Å². The lowest BCUT2D eigenvalue weighted by molar-refractivity contribution is -0.133. The van der Waals surface area contributed by atoms with E-state index in [9.17, 15) is 9.59 Å². The van der Waals surface area contributed by atoms with Crippen LogP contribution in [0.2, 0.25) is 0 Å². The van der Waals surface area contributed by atoms with Crippen molar-refractivity contribution in [2.75, 3.05) is 11.9 Å². The maximum atomic E-state index is 12.8. The Bertz CT molecular complexity index is 553. The molecule has 1 aliphatic rings. The van der Waals surface area contributed by atoms with E-state index in [-0.39, 0.29) is 17.1 Å². The molecule has 0 bridgehead atoms. The van der Waals surface area contributed by atoms with Crippen LogP contribution in [-0.4, -0.2) is 34.6 Å². The third kappa shape index (κ3) is 5.26. The van der Waals surface area contributed by atoms with Gasteiger partial charge in [0.25, 0.3) is 0 Å². The molecule has 0 aliphatic heterocycles. The number of hydrogen-bond acceptors (Lipinski definition) is 3. The Hall–Kier alpha value is -1.49. The fourth-order valence-electron chi connectivity index (χ4n) is 3.29. The second kappa shape index (κ2) is 9.11. The van der Waals surface area contributed by atoms with E-state index in [0.717, 1.165) is 30.0 Å². The smallest absolute Gasteiger partial charge is 0.236 e. The van der Waals surface area contributed by atoms with Crippen molar-refractivity contribution >= 4 is 29.3 Å². The molecule has 0 saturated heterocycles. The standard InChI is InChI=1S/C19H28N2O2S/c1-4-21(17-8-6-5-7-9-17)19(23)14(2)24-18-12-10-16(11-13-18)20-15(3)22/h10-14,17H,4-9H2,1-3H3,(H,20,22). The third-order valence-electron chi connectivity index (χ3n) is 4.47. The minimum absolute atomic E-state index is 0.0787. The van der Waals surface area contributed by atoms with Crippen molar-refractivity contribution in [2.24, 2.45) is 0 Å². The summed E-state index contributed by atoms with van der Waals surface area (Å²) in [6.07, 6.45) is 6.05. The number of anilines is 1. The molecular weight excluding hydrogens is 320 g/mol. The van der Waals surface area contributed by atoms with Crippen LogP contribution in [0.25, 0.3) is 0 Å². The predicted octanol–water partition coefficient (Wildman–Crippen LogP) is 4.31. The van der Waals surface area contributed by atoms with Gasteiger partial charge in [-0.25, -0.2) is 0 Å². The van der Waals surface area contributed by atoms with Crippen molar-refractivity contribution in [1.29, 1.82) is 0 Å². The van der Waals surface area contributed by atoms with Crippen LogP contribution in [0.15, 0.2) is 29.2 Å². The predicted molar refractivity (Wildman–Crippen MR) is 100 cm³/mol. The van der Waals surface area contributed by atoms with E-state index in [1.54, 1.807) is 11.8 Å². The van der Waals surface area contributed by atoms with Crippen LogP contribution in [0.3, 0.4) is 0 Å². The lowest BCUT2D eigenvalue weighted by atomic mass is 9.94. The number of thioether (sulfide) groups is 1. The molecule has 1 saturated carbocycles. The van der Waals surface area contributed by atoms with Crippen LogP contribution >= 0.6 is 11.8 Å². The van der Waals surface area contributed by atoms with Crippen LogP contribution in [0.5, 0.6) is 0 Å². The molecule has 24 heavy (non-hydrogen) atoms. The molecule has 2 amide bonds. The van der Waals surface area contributed by atoms with Crippen LogP contribution in [0.4, 0.5) is 5.69 Å². The van der Waals surface area contributed by atoms with Crippen molar-refractivity contribution in [1.82, 2.24) is 4.90 Å². The molecule has 1 unspecified atom stereocenters. The molecule has 1 aliphatic carbocycles. The lowest BCUT2D eigenvalue weighted by Crippen LogP contribution is -2.44. The quantitative estimate of drug-likeness (QED) is 0.780. The lowest BCUT2D eigenvalue weighted by Gasteiger charge is -2.35. The van der Waals surface area contributed by atoms with Gasteiger partial charge in [0.1, 0.15) is 0 Å². The Morgan fingerprint density at radius 3 is 2.38 bits per heavy atom. The Kier molecular flexibility index (Phi) is 7.16.